The number of esters is 2. The highest BCUT2D eigenvalue weighted by molar-refractivity contribution is 7.79. The maximum atomic E-state index is 11.9. The first-order chi connectivity index (χ1) is 13.9. The predicted octanol–water partition coefficient (Wildman–Crippen LogP) is 2.58. The van der Waals surface area contributed by atoms with E-state index in [0.717, 1.165) is 0 Å². The fraction of sp³-hybridized carbons (Fsp3) is 0.600. The van der Waals surface area contributed by atoms with Gasteiger partial charge in [0, 0.05) is 18.2 Å². The minimum absolute atomic E-state index is 0.157. The van der Waals surface area contributed by atoms with E-state index < -0.39 is 28.4 Å². The number of benzene rings is 1. The molecule has 4 N–H and O–H groups in total. The van der Waals surface area contributed by atoms with Crippen molar-refractivity contribution < 1.29 is 41.7 Å². The van der Waals surface area contributed by atoms with Gasteiger partial charge in [-0.3, -0.25) is 18.7 Å². The molecule has 31 heavy (non-hydrogen) atoms. The van der Waals surface area contributed by atoms with E-state index >= 15 is 0 Å². The third-order valence-electron chi connectivity index (χ3n) is 3.49. The molecule has 1 aromatic rings. The molecule has 0 heterocycles. The maximum absolute atomic E-state index is 11.9. The third kappa shape index (κ3) is 14.6. The molecular formula is C20H33NO9S. The lowest BCUT2D eigenvalue weighted by atomic mass is 10.1. The van der Waals surface area contributed by atoms with Gasteiger partial charge in [-0.2, -0.15) is 8.42 Å². The predicted molar refractivity (Wildman–Crippen MR) is 114 cm³/mol. The van der Waals surface area contributed by atoms with Crippen LogP contribution in [-0.2, 0) is 20.0 Å². The lowest BCUT2D eigenvalue weighted by Gasteiger charge is -2.23. The van der Waals surface area contributed by atoms with E-state index in [0.29, 0.717) is 12.1 Å². The minimum atomic E-state index is -4.67. The van der Waals surface area contributed by atoms with Crippen molar-refractivity contribution in [2.75, 3.05) is 6.54 Å². The number of hydrogen-bond acceptors (Lipinski definition) is 8. The molecule has 0 amide bonds. The quantitative estimate of drug-likeness (QED) is 0.269. The molecule has 1 unspecified atom stereocenters. The topological polar surface area (TPSA) is 159 Å². The Morgan fingerprint density at radius 1 is 0.935 bits per heavy atom. The van der Waals surface area contributed by atoms with E-state index in [9.17, 15) is 14.7 Å². The molecule has 0 spiro atoms. The summed E-state index contributed by atoms with van der Waals surface area (Å²) >= 11 is 0. The second-order valence-electron chi connectivity index (χ2n) is 8.48. The summed E-state index contributed by atoms with van der Waals surface area (Å²) in [6.45, 7) is 13.2. The highest BCUT2D eigenvalue weighted by atomic mass is 32.3. The van der Waals surface area contributed by atoms with Gasteiger partial charge in [0.2, 0.25) is 0 Å². The molecule has 178 valence electrons. The first kappa shape index (κ1) is 28.9. The van der Waals surface area contributed by atoms with E-state index in [4.69, 9.17) is 27.0 Å². The van der Waals surface area contributed by atoms with Gasteiger partial charge in [-0.15, -0.1) is 0 Å². The van der Waals surface area contributed by atoms with Crippen LogP contribution in [0.4, 0.5) is 0 Å². The molecule has 11 heteroatoms. The average molecular weight is 464 g/mol. The number of hydrogen-bond donors (Lipinski definition) is 4. The molecule has 10 nitrogen and oxygen atoms in total. The van der Waals surface area contributed by atoms with Gasteiger partial charge in [-0.05, 0) is 38.5 Å². The summed E-state index contributed by atoms with van der Waals surface area (Å²) in [7, 11) is -4.67. The zero-order valence-corrected chi connectivity index (χ0v) is 19.7. The summed E-state index contributed by atoms with van der Waals surface area (Å²) in [5, 5.41) is 13.7. The molecule has 0 saturated carbocycles. The molecule has 0 aliphatic heterocycles. The molecular weight excluding hydrogens is 430 g/mol. The number of β-amino-alcohol motifs (C(OH)–C–C–N with tert-alkyl or cyclic N) is 1. The Bertz CT molecular complexity index is 794. The molecule has 0 radical (unpaired) electrons. The van der Waals surface area contributed by atoms with E-state index in [2.05, 4.69) is 5.32 Å². The zero-order valence-electron chi connectivity index (χ0n) is 18.9. The summed E-state index contributed by atoms with van der Waals surface area (Å²) in [5.74, 6) is -0.915. The lowest BCUT2D eigenvalue weighted by Crippen LogP contribution is -2.38. The lowest BCUT2D eigenvalue weighted by molar-refractivity contribution is -0.138. The second-order valence-corrected chi connectivity index (χ2v) is 9.38. The van der Waals surface area contributed by atoms with Crippen molar-refractivity contribution in [2.45, 2.75) is 60.1 Å². The summed E-state index contributed by atoms with van der Waals surface area (Å²) in [6.07, 6.45) is -0.844. The fourth-order valence-corrected chi connectivity index (χ4v) is 1.89. The van der Waals surface area contributed by atoms with Crippen LogP contribution in [0.25, 0.3) is 0 Å². The Hall–Kier alpha value is -2.05. The van der Waals surface area contributed by atoms with Crippen molar-refractivity contribution in [3.05, 3.63) is 23.8 Å². The first-order valence-corrected chi connectivity index (χ1v) is 11.0. The van der Waals surface area contributed by atoms with Gasteiger partial charge in [-0.1, -0.05) is 27.7 Å². The molecule has 1 aromatic carbocycles. The van der Waals surface area contributed by atoms with Crippen molar-refractivity contribution in [3.8, 4) is 11.5 Å². The average Bonchev–Trinajstić information content (AvgIpc) is 2.57. The van der Waals surface area contributed by atoms with Gasteiger partial charge in [0.15, 0.2) is 0 Å². The largest absolute Gasteiger partial charge is 0.426 e. The van der Waals surface area contributed by atoms with Crippen LogP contribution in [0.2, 0.25) is 0 Å². The van der Waals surface area contributed by atoms with E-state index in [-0.39, 0.29) is 28.9 Å². The Morgan fingerprint density at radius 2 is 1.29 bits per heavy atom. The molecule has 0 aliphatic rings. The van der Waals surface area contributed by atoms with Gasteiger partial charge in [-0.25, -0.2) is 0 Å². The normalized spacial score (nSPS) is 12.8. The summed E-state index contributed by atoms with van der Waals surface area (Å²) < 4.78 is 42.2. The Kier molecular flexibility index (Phi) is 11.3. The molecule has 0 saturated heterocycles. The van der Waals surface area contributed by atoms with Crippen LogP contribution in [0.15, 0.2) is 18.2 Å². The molecule has 0 aliphatic carbocycles. The van der Waals surface area contributed by atoms with Gasteiger partial charge in [0.05, 0.1) is 17.9 Å². The molecule has 1 rings (SSSR count). The molecule has 1 atom stereocenters. The van der Waals surface area contributed by atoms with Crippen LogP contribution in [0.1, 0.15) is 60.1 Å². The van der Waals surface area contributed by atoms with Crippen molar-refractivity contribution >= 4 is 22.3 Å². The minimum Gasteiger partial charge on any atom is -0.426 e. The van der Waals surface area contributed by atoms with Gasteiger partial charge in [0.25, 0.3) is 0 Å². The zero-order chi connectivity index (χ0) is 24.6. The Morgan fingerprint density at radius 3 is 1.58 bits per heavy atom. The van der Waals surface area contributed by atoms with Crippen molar-refractivity contribution in [1.82, 2.24) is 5.32 Å². The summed E-state index contributed by atoms with van der Waals surface area (Å²) in [4.78, 5) is 23.8. The highest BCUT2D eigenvalue weighted by Crippen LogP contribution is 2.28. The molecule has 0 fully saturated rings. The summed E-state index contributed by atoms with van der Waals surface area (Å²) in [5.41, 5.74) is 0.345. The smallest absolute Gasteiger partial charge is 0.394 e. The van der Waals surface area contributed by atoms with Crippen molar-refractivity contribution in [3.63, 3.8) is 0 Å². The Balaban J connectivity index is 0.00000161. The second kappa shape index (κ2) is 12.1. The number of carbonyl (C=O) groups is 2. The maximum Gasteiger partial charge on any atom is 0.394 e. The monoisotopic (exact) mass is 463 g/mol. The summed E-state index contributed by atoms with van der Waals surface area (Å²) in [6, 6.07) is 4.65. The van der Waals surface area contributed by atoms with Gasteiger partial charge < -0.3 is 19.9 Å². The molecule has 0 aromatic heterocycles. The van der Waals surface area contributed by atoms with E-state index in [1.807, 2.05) is 20.8 Å². The number of carbonyl (C=O) groups excluding carboxylic acids is 2. The number of ether oxygens (including phenoxy) is 2. The first-order valence-electron chi connectivity index (χ1n) is 9.60. The van der Waals surface area contributed by atoms with Crippen LogP contribution in [0.5, 0.6) is 11.5 Å². The third-order valence-corrected chi connectivity index (χ3v) is 3.49. The van der Waals surface area contributed by atoms with Crippen LogP contribution >= 0.6 is 0 Å². The van der Waals surface area contributed by atoms with Crippen LogP contribution in [0.3, 0.4) is 0 Å². The van der Waals surface area contributed by atoms with Gasteiger partial charge >= 0.3 is 22.3 Å². The van der Waals surface area contributed by atoms with Gasteiger partial charge in [0.1, 0.15) is 11.5 Å². The standard InChI is InChI=1S/C20H31NO5.H2O4S/c1-12(2)18(23)25-15-8-14(17(22)11-21-20(5,6)7)9-16(10-15)26-19(24)13(3)4;1-5(2,3)4/h8-10,12-13,17,21-22H,11H2,1-7H3;(H2,1,2,3,4). The van der Waals surface area contributed by atoms with E-state index in [1.165, 1.54) is 6.07 Å². The highest BCUT2D eigenvalue weighted by Gasteiger charge is 2.19. The fourth-order valence-electron chi connectivity index (χ4n) is 1.89. The van der Waals surface area contributed by atoms with Crippen molar-refractivity contribution in [2.24, 2.45) is 11.8 Å². The number of aliphatic hydroxyl groups is 1. The van der Waals surface area contributed by atoms with Crippen LogP contribution < -0.4 is 14.8 Å². The van der Waals surface area contributed by atoms with Crippen LogP contribution in [-0.4, -0.2) is 46.7 Å². The number of nitrogens with one attached hydrogen (secondary N) is 1. The Labute approximate surface area is 183 Å². The number of aliphatic hydroxyl groups excluding tert-OH is 1. The SMILES string of the molecule is CC(C)C(=O)Oc1cc(OC(=O)C(C)C)cc(C(O)CNC(C)(C)C)c1.O=S(=O)(O)O. The molecule has 0 bridgehead atoms. The number of rotatable bonds is 7. The van der Waals surface area contributed by atoms with E-state index in [1.54, 1.807) is 39.8 Å². The van der Waals surface area contributed by atoms with Crippen molar-refractivity contribution in [1.29, 1.82) is 0 Å². The van der Waals surface area contributed by atoms with Crippen LogP contribution in [0, 0.1) is 11.8 Å².